The molecule has 0 unspecified atom stereocenters. The molecule has 0 amide bonds. The van der Waals surface area contributed by atoms with Crippen molar-refractivity contribution in [3.05, 3.63) is 206 Å². The smallest absolute Gasteiger partial charge is 0.0995 e. The molecule has 4 nitrogen and oxygen atoms in total. The Labute approximate surface area is 340 Å². The largest absolute Gasteiger partial charge is 0.309 e. The van der Waals surface area contributed by atoms with Gasteiger partial charge in [0.05, 0.1) is 44.7 Å². The fraction of sp³-hybridized carbons (Fsp3) is 0. The first-order valence-corrected chi connectivity index (χ1v) is 20.0. The summed E-state index contributed by atoms with van der Waals surface area (Å²) in [6.07, 6.45) is 0. The van der Waals surface area contributed by atoms with Crippen molar-refractivity contribution in [3.63, 3.8) is 0 Å². The van der Waals surface area contributed by atoms with Crippen LogP contribution in [0.2, 0.25) is 0 Å². The molecular formula is C55H34N4. The number of fused-ring (bicyclic) bond motifs is 9. The van der Waals surface area contributed by atoms with E-state index in [-0.39, 0.29) is 0 Å². The highest BCUT2D eigenvalue weighted by Gasteiger charge is 2.23. The summed E-state index contributed by atoms with van der Waals surface area (Å²) < 4.78 is 2.37. The van der Waals surface area contributed by atoms with E-state index in [4.69, 9.17) is 15.0 Å². The maximum Gasteiger partial charge on any atom is 0.0995 e. The fourth-order valence-electron chi connectivity index (χ4n) is 9.10. The lowest BCUT2D eigenvalue weighted by Gasteiger charge is -2.19. The summed E-state index contributed by atoms with van der Waals surface area (Å²) in [4.78, 5) is 16.8. The van der Waals surface area contributed by atoms with Gasteiger partial charge < -0.3 is 4.57 Å². The molecule has 12 rings (SSSR count). The third-order valence-corrected chi connectivity index (χ3v) is 11.8. The molecule has 0 N–H and O–H groups in total. The predicted octanol–water partition coefficient (Wildman–Crippen LogP) is 14.2. The van der Waals surface area contributed by atoms with Gasteiger partial charge >= 0.3 is 0 Å². The van der Waals surface area contributed by atoms with Crippen molar-refractivity contribution in [2.45, 2.75) is 0 Å². The molecule has 0 spiro atoms. The molecule has 3 aromatic heterocycles. The van der Waals surface area contributed by atoms with Crippen LogP contribution in [0, 0.1) is 0 Å². The van der Waals surface area contributed by atoms with E-state index in [2.05, 4.69) is 199 Å². The summed E-state index contributed by atoms with van der Waals surface area (Å²) >= 11 is 0. The standard InChI is InChI=1S/C55H34N4/c1-3-17-37(18-4-1)52-53(38-19-5-2-6-20-38)58-55-47(57-52)34-45(36-30-32-39(33-31-36)59-48-28-13-10-23-41(48)42-24-11-14-29-49(42)59)50-44-25-9-12-27-46(44)56-54(51(50)55)43-26-15-21-35-16-7-8-22-40(35)43/h1-34H. The molecule has 4 heteroatoms. The van der Waals surface area contributed by atoms with Crippen molar-refractivity contribution >= 4 is 65.3 Å². The average molecular weight is 751 g/mol. The zero-order valence-corrected chi connectivity index (χ0v) is 31.9. The Morgan fingerprint density at radius 3 is 1.56 bits per heavy atom. The quantitative estimate of drug-likeness (QED) is 0.165. The summed E-state index contributed by atoms with van der Waals surface area (Å²) in [5.74, 6) is 0. The van der Waals surface area contributed by atoms with Gasteiger partial charge in [0.2, 0.25) is 0 Å². The first-order valence-electron chi connectivity index (χ1n) is 20.0. The molecule has 12 aromatic rings. The summed E-state index contributed by atoms with van der Waals surface area (Å²) in [5, 5.41) is 7.97. The lowest BCUT2D eigenvalue weighted by molar-refractivity contribution is 1.18. The van der Waals surface area contributed by atoms with Gasteiger partial charge in [-0.3, -0.25) is 0 Å². The Kier molecular flexibility index (Phi) is 7.50. The predicted molar refractivity (Wildman–Crippen MR) is 246 cm³/mol. The maximum atomic E-state index is 5.66. The van der Waals surface area contributed by atoms with E-state index >= 15 is 0 Å². The van der Waals surface area contributed by atoms with Gasteiger partial charge in [-0.2, -0.15) is 0 Å². The van der Waals surface area contributed by atoms with Gasteiger partial charge in [0.25, 0.3) is 0 Å². The molecule has 0 saturated heterocycles. The van der Waals surface area contributed by atoms with Crippen LogP contribution in [0.4, 0.5) is 0 Å². The van der Waals surface area contributed by atoms with E-state index in [1.807, 2.05) is 12.1 Å². The Hall–Kier alpha value is -7.95. The number of para-hydroxylation sites is 3. The van der Waals surface area contributed by atoms with Crippen LogP contribution in [-0.4, -0.2) is 19.5 Å². The highest BCUT2D eigenvalue weighted by molar-refractivity contribution is 6.26. The number of pyridine rings is 1. The number of nitrogens with zero attached hydrogens (tertiary/aromatic N) is 4. The van der Waals surface area contributed by atoms with Gasteiger partial charge in [-0.1, -0.05) is 170 Å². The number of aromatic nitrogens is 4. The van der Waals surface area contributed by atoms with Crippen LogP contribution in [0.15, 0.2) is 206 Å². The summed E-state index contributed by atoms with van der Waals surface area (Å²) in [6.45, 7) is 0. The number of rotatable bonds is 5. The zero-order valence-electron chi connectivity index (χ0n) is 31.9. The van der Waals surface area contributed by atoms with Crippen LogP contribution in [0.5, 0.6) is 0 Å². The van der Waals surface area contributed by atoms with Crippen molar-refractivity contribution in [1.82, 2.24) is 19.5 Å². The molecule has 0 bridgehead atoms. The van der Waals surface area contributed by atoms with Crippen LogP contribution in [-0.2, 0) is 0 Å². The second kappa shape index (κ2) is 13.3. The first kappa shape index (κ1) is 33.2. The molecule has 0 aliphatic rings. The normalized spacial score (nSPS) is 11.7. The van der Waals surface area contributed by atoms with Crippen molar-refractivity contribution in [2.75, 3.05) is 0 Å². The van der Waals surface area contributed by atoms with Gasteiger partial charge in [0, 0.05) is 49.3 Å². The highest BCUT2D eigenvalue weighted by Crippen LogP contribution is 2.45. The highest BCUT2D eigenvalue weighted by atomic mass is 15.0. The zero-order chi connectivity index (χ0) is 38.9. The summed E-state index contributed by atoms with van der Waals surface area (Å²) in [6, 6.07) is 73.0. The molecule has 59 heavy (non-hydrogen) atoms. The van der Waals surface area contributed by atoms with Crippen LogP contribution in [0.3, 0.4) is 0 Å². The SMILES string of the molecule is c1ccc(-c2nc3cc(-c4ccc(-n5c6ccccc6c6ccccc65)cc4)c4c5ccccc5nc(-c5cccc6ccccc56)c4c3nc2-c2ccccc2)cc1. The Bertz CT molecular complexity index is 3530. The molecule has 0 aliphatic heterocycles. The molecule has 274 valence electrons. The summed E-state index contributed by atoms with van der Waals surface area (Å²) in [5.41, 5.74) is 13.9. The van der Waals surface area contributed by atoms with E-state index < -0.39 is 0 Å². The molecule has 0 radical (unpaired) electrons. The van der Waals surface area contributed by atoms with E-state index in [0.29, 0.717) is 0 Å². The third kappa shape index (κ3) is 5.27. The Balaban J connectivity index is 1.21. The second-order valence-electron chi connectivity index (χ2n) is 15.1. The molecule has 3 heterocycles. The van der Waals surface area contributed by atoms with E-state index in [1.54, 1.807) is 0 Å². The van der Waals surface area contributed by atoms with Gasteiger partial charge in [-0.15, -0.1) is 0 Å². The molecule has 0 atom stereocenters. The summed E-state index contributed by atoms with van der Waals surface area (Å²) in [7, 11) is 0. The van der Waals surface area contributed by atoms with Crippen LogP contribution in [0.25, 0.3) is 116 Å². The van der Waals surface area contributed by atoms with Crippen LogP contribution < -0.4 is 0 Å². The molecule has 0 saturated carbocycles. The van der Waals surface area contributed by atoms with Gasteiger partial charge in [-0.05, 0) is 58.3 Å². The molecule has 0 fully saturated rings. The first-order chi connectivity index (χ1) is 29.3. The molecule has 9 aromatic carbocycles. The van der Waals surface area contributed by atoms with E-state index in [9.17, 15) is 0 Å². The number of hydrogen-bond acceptors (Lipinski definition) is 3. The van der Waals surface area contributed by atoms with Crippen molar-refractivity contribution in [1.29, 1.82) is 0 Å². The minimum absolute atomic E-state index is 0.816. The number of hydrogen-bond donors (Lipinski definition) is 0. The van der Waals surface area contributed by atoms with Crippen LogP contribution in [0.1, 0.15) is 0 Å². The van der Waals surface area contributed by atoms with Gasteiger partial charge in [-0.25, -0.2) is 15.0 Å². The van der Waals surface area contributed by atoms with E-state index in [0.717, 1.165) is 94.1 Å². The van der Waals surface area contributed by atoms with E-state index in [1.165, 1.54) is 21.8 Å². The lowest BCUT2D eigenvalue weighted by Crippen LogP contribution is -2.00. The minimum atomic E-state index is 0.816. The van der Waals surface area contributed by atoms with Gasteiger partial charge in [0.15, 0.2) is 0 Å². The fourth-order valence-corrected chi connectivity index (χ4v) is 9.10. The Morgan fingerprint density at radius 1 is 0.322 bits per heavy atom. The third-order valence-electron chi connectivity index (χ3n) is 11.8. The molecular weight excluding hydrogens is 717 g/mol. The average Bonchev–Trinajstić information content (AvgIpc) is 3.65. The number of benzene rings is 9. The van der Waals surface area contributed by atoms with Crippen molar-refractivity contribution < 1.29 is 0 Å². The topological polar surface area (TPSA) is 43.6 Å². The van der Waals surface area contributed by atoms with Crippen molar-refractivity contribution in [2.24, 2.45) is 0 Å². The second-order valence-corrected chi connectivity index (χ2v) is 15.1. The van der Waals surface area contributed by atoms with Gasteiger partial charge in [0.1, 0.15) is 0 Å². The lowest BCUT2D eigenvalue weighted by atomic mass is 9.90. The monoisotopic (exact) mass is 750 g/mol. The van der Waals surface area contributed by atoms with Crippen LogP contribution >= 0.6 is 0 Å². The van der Waals surface area contributed by atoms with Crippen molar-refractivity contribution in [3.8, 4) is 50.6 Å². The Morgan fingerprint density at radius 2 is 0.864 bits per heavy atom. The minimum Gasteiger partial charge on any atom is -0.309 e. The maximum absolute atomic E-state index is 5.66. The molecule has 0 aliphatic carbocycles.